The Morgan fingerprint density at radius 2 is 1.79 bits per heavy atom. The molecular formula is C24H33N5O4S. The van der Waals surface area contributed by atoms with Crippen LogP contribution in [-0.4, -0.2) is 82.7 Å². The van der Waals surface area contributed by atoms with E-state index in [4.69, 9.17) is 0 Å². The number of piperidine rings is 1. The number of hydrogen-bond acceptors (Lipinski definition) is 5. The summed E-state index contributed by atoms with van der Waals surface area (Å²) in [6, 6.07) is 7.15. The van der Waals surface area contributed by atoms with Crippen molar-refractivity contribution in [2.75, 3.05) is 27.2 Å². The summed E-state index contributed by atoms with van der Waals surface area (Å²) in [6.07, 6.45) is 2.25. The largest absolute Gasteiger partial charge is 0.348 e. The normalized spacial score (nSPS) is 20.6. The van der Waals surface area contributed by atoms with Gasteiger partial charge in [-0.15, -0.1) is 0 Å². The van der Waals surface area contributed by atoms with Gasteiger partial charge < -0.3 is 14.4 Å². The number of aromatic nitrogens is 2. The number of benzene rings is 1. The summed E-state index contributed by atoms with van der Waals surface area (Å²) in [6.45, 7) is 6.06. The van der Waals surface area contributed by atoms with E-state index in [0.29, 0.717) is 24.2 Å². The monoisotopic (exact) mass is 487 g/mol. The number of sulfonamides is 1. The highest BCUT2D eigenvalue weighted by molar-refractivity contribution is 7.89. The molecule has 0 bridgehead atoms. The molecule has 2 aliphatic heterocycles. The first-order valence-corrected chi connectivity index (χ1v) is 13.0. The van der Waals surface area contributed by atoms with Crippen LogP contribution in [0.2, 0.25) is 0 Å². The lowest BCUT2D eigenvalue weighted by Crippen LogP contribution is -2.67. The van der Waals surface area contributed by atoms with Gasteiger partial charge in [0, 0.05) is 52.0 Å². The first-order valence-electron chi connectivity index (χ1n) is 11.6. The average Bonchev–Trinajstić information content (AvgIpc) is 3.13. The molecule has 10 heteroatoms. The predicted octanol–water partition coefficient (Wildman–Crippen LogP) is 1.99. The van der Waals surface area contributed by atoms with Crippen LogP contribution in [0.15, 0.2) is 35.5 Å². The van der Waals surface area contributed by atoms with E-state index in [2.05, 4.69) is 4.98 Å². The maximum atomic E-state index is 13.7. The second kappa shape index (κ2) is 8.49. The van der Waals surface area contributed by atoms with Crippen molar-refractivity contribution in [1.82, 2.24) is 23.7 Å². The number of aryl methyl sites for hydroxylation is 2. The molecule has 2 amide bonds. The molecule has 1 aromatic heterocycles. The molecule has 1 fully saturated rings. The van der Waals surface area contributed by atoms with E-state index >= 15 is 0 Å². The standard InChI is InChI=1S/C24H33N5O4S/c1-16(2)29-22(30)19-10-8-7-9-18(19)21(23(31)26(4)5)24(29)11-13-28(14-12-24)34(32,33)20-15-27(6)17(3)25-20/h7-10,15-16,21H,11-14H2,1-6H3. The van der Waals surface area contributed by atoms with Gasteiger partial charge in [0.1, 0.15) is 5.82 Å². The fraction of sp³-hybridized carbons (Fsp3) is 0.542. The van der Waals surface area contributed by atoms with E-state index in [0.717, 1.165) is 5.56 Å². The Morgan fingerprint density at radius 1 is 1.18 bits per heavy atom. The molecule has 0 saturated carbocycles. The molecule has 0 N–H and O–H groups in total. The Balaban J connectivity index is 1.77. The van der Waals surface area contributed by atoms with Gasteiger partial charge in [0.15, 0.2) is 5.03 Å². The zero-order valence-corrected chi connectivity index (χ0v) is 21.5. The summed E-state index contributed by atoms with van der Waals surface area (Å²) < 4.78 is 29.8. The summed E-state index contributed by atoms with van der Waals surface area (Å²) in [5.74, 6) is -0.141. The number of hydrogen-bond donors (Lipinski definition) is 0. The number of rotatable bonds is 4. The van der Waals surface area contributed by atoms with Gasteiger partial charge in [-0.25, -0.2) is 13.4 Å². The maximum Gasteiger partial charge on any atom is 0.262 e. The topological polar surface area (TPSA) is 95.8 Å². The molecule has 1 spiro atoms. The van der Waals surface area contributed by atoms with Crippen LogP contribution in [0, 0.1) is 6.92 Å². The fourth-order valence-corrected chi connectivity index (χ4v) is 6.97. The van der Waals surface area contributed by atoms with Crippen molar-refractivity contribution in [2.24, 2.45) is 7.05 Å². The molecular weight excluding hydrogens is 454 g/mol. The number of carbonyl (C=O) groups is 2. The van der Waals surface area contributed by atoms with Crippen LogP contribution < -0.4 is 0 Å². The summed E-state index contributed by atoms with van der Waals surface area (Å²) in [4.78, 5) is 34.9. The number of likely N-dealkylation sites (N-methyl/N-ethyl adjacent to an activating group) is 1. The minimum Gasteiger partial charge on any atom is -0.348 e. The Kier molecular flexibility index (Phi) is 6.10. The molecule has 1 atom stereocenters. The van der Waals surface area contributed by atoms with Crippen molar-refractivity contribution in [3.8, 4) is 0 Å². The van der Waals surface area contributed by atoms with Gasteiger partial charge in [0.25, 0.3) is 15.9 Å². The zero-order chi connectivity index (χ0) is 25.0. The Morgan fingerprint density at radius 3 is 2.32 bits per heavy atom. The van der Waals surface area contributed by atoms with Crippen LogP contribution in [0.5, 0.6) is 0 Å². The van der Waals surface area contributed by atoms with E-state index < -0.39 is 21.5 Å². The lowest BCUT2D eigenvalue weighted by molar-refractivity contribution is -0.136. The van der Waals surface area contributed by atoms with Gasteiger partial charge in [-0.2, -0.15) is 4.31 Å². The summed E-state index contributed by atoms with van der Waals surface area (Å²) in [7, 11) is 1.42. The second-order valence-electron chi connectivity index (χ2n) is 9.77. The van der Waals surface area contributed by atoms with Crippen molar-refractivity contribution >= 4 is 21.8 Å². The van der Waals surface area contributed by atoms with E-state index in [1.807, 2.05) is 36.9 Å². The maximum absolute atomic E-state index is 13.7. The van der Waals surface area contributed by atoms with Crippen molar-refractivity contribution in [3.05, 3.63) is 47.4 Å². The third kappa shape index (κ3) is 3.63. The van der Waals surface area contributed by atoms with Crippen LogP contribution in [0.4, 0.5) is 0 Å². The average molecular weight is 488 g/mol. The molecule has 3 heterocycles. The summed E-state index contributed by atoms with van der Waals surface area (Å²) >= 11 is 0. The molecule has 2 aromatic rings. The molecule has 1 saturated heterocycles. The smallest absolute Gasteiger partial charge is 0.262 e. The molecule has 9 nitrogen and oxygen atoms in total. The highest BCUT2D eigenvalue weighted by Gasteiger charge is 2.57. The molecule has 1 unspecified atom stereocenters. The number of fused-ring (bicyclic) bond motifs is 1. The highest BCUT2D eigenvalue weighted by atomic mass is 32.2. The first kappa shape index (κ1) is 24.4. The van der Waals surface area contributed by atoms with Crippen LogP contribution in [0.3, 0.4) is 0 Å². The lowest BCUT2D eigenvalue weighted by atomic mass is 9.67. The summed E-state index contributed by atoms with van der Waals surface area (Å²) in [5, 5.41) is 0.0233. The van der Waals surface area contributed by atoms with Gasteiger partial charge in [0.2, 0.25) is 5.91 Å². The van der Waals surface area contributed by atoms with E-state index in [1.165, 1.54) is 10.5 Å². The van der Waals surface area contributed by atoms with Crippen LogP contribution in [-0.2, 0) is 21.9 Å². The van der Waals surface area contributed by atoms with Crippen molar-refractivity contribution in [1.29, 1.82) is 0 Å². The van der Waals surface area contributed by atoms with Gasteiger partial charge in [-0.1, -0.05) is 18.2 Å². The van der Waals surface area contributed by atoms with Crippen LogP contribution >= 0.6 is 0 Å². The Labute approximate surface area is 201 Å². The van der Waals surface area contributed by atoms with Gasteiger partial charge >= 0.3 is 0 Å². The molecule has 0 aliphatic carbocycles. The van der Waals surface area contributed by atoms with Crippen LogP contribution in [0.25, 0.3) is 0 Å². The molecule has 34 heavy (non-hydrogen) atoms. The van der Waals surface area contributed by atoms with E-state index in [-0.39, 0.29) is 36.0 Å². The second-order valence-corrected chi connectivity index (χ2v) is 11.7. The van der Waals surface area contributed by atoms with Gasteiger partial charge in [-0.3, -0.25) is 9.59 Å². The zero-order valence-electron chi connectivity index (χ0n) is 20.6. The molecule has 184 valence electrons. The minimum absolute atomic E-state index is 0.0233. The number of carbonyl (C=O) groups excluding carboxylic acids is 2. The molecule has 4 rings (SSSR count). The molecule has 2 aliphatic rings. The Bertz CT molecular complexity index is 1210. The molecule has 1 aromatic carbocycles. The number of amides is 2. The SMILES string of the molecule is Cc1nc(S(=O)(=O)N2CCC3(CC2)C(C(=O)N(C)C)c2ccccc2C(=O)N3C(C)C)cn1C. The third-order valence-electron chi connectivity index (χ3n) is 7.22. The number of imidazole rings is 1. The third-order valence-corrected chi connectivity index (χ3v) is 8.99. The quantitative estimate of drug-likeness (QED) is 0.657. The van der Waals surface area contributed by atoms with Gasteiger partial charge in [-0.05, 0) is 45.2 Å². The van der Waals surface area contributed by atoms with Crippen molar-refractivity contribution in [2.45, 2.75) is 56.1 Å². The van der Waals surface area contributed by atoms with E-state index in [9.17, 15) is 18.0 Å². The van der Waals surface area contributed by atoms with Crippen molar-refractivity contribution < 1.29 is 18.0 Å². The highest BCUT2D eigenvalue weighted by Crippen LogP contribution is 2.49. The Hall–Kier alpha value is -2.72. The minimum atomic E-state index is -3.78. The summed E-state index contributed by atoms with van der Waals surface area (Å²) in [5.41, 5.74) is 0.452. The van der Waals surface area contributed by atoms with Crippen LogP contribution in [0.1, 0.15) is 54.4 Å². The van der Waals surface area contributed by atoms with Crippen molar-refractivity contribution in [3.63, 3.8) is 0 Å². The molecule has 0 radical (unpaired) electrons. The first-order chi connectivity index (χ1) is 15.9. The van der Waals surface area contributed by atoms with Gasteiger partial charge in [0.05, 0.1) is 11.5 Å². The number of nitrogens with zero attached hydrogens (tertiary/aromatic N) is 5. The lowest BCUT2D eigenvalue weighted by Gasteiger charge is -2.56. The van der Waals surface area contributed by atoms with E-state index in [1.54, 1.807) is 43.6 Å². The fourth-order valence-electron chi connectivity index (χ4n) is 5.50. The predicted molar refractivity (Wildman–Crippen MR) is 128 cm³/mol.